The lowest BCUT2D eigenvalue weighted by Gasteiger charge is -2.18. The van der Waals surface area contributed by atoms with E-state index >= 15 is 0 Å². The molecule has 1 aliphatic rings. The van der Waals surface area contributed by atoms with Crippen LogP contribution in [-0.4, -0.2) is 31.1 Å². The van der Waals surface area contributed by atoms with Crippen LogP contribution in [-0.2, 0) is 4.79 Å². The molecule has 1 aromatic carbocycles. The van der Waals surface area contributed by atoms with Crippen LogP contribution in [0.5, 0.6) is 5.75 Å². The normalized spacial score (nSPS) is 20.1. The quantitative estimate of drug-likeness (QED) is 0.897. The van der Waals surface area contributed by atoms with E-state index in [1.165, 1.54) is 0 Å². The first-order chi connectivity index (χ1) is 9.08. The molecule has 2 atom stereocenters. The van der Waals surface area contributed by atoms with Gasteiger partial charge in [0.05, 0.1) is 5.02 Å². The van der Waals surface area contributed by atoms with Gasteiger partial charge in [0.2, 0.25) is 0 Å². The highest BCUT2D eigenvalue weighted by atomic mass is 35.5. The average molecular weight is 303 g/mol. The van der Waals surface area contributed by atoms with Crippen LogP contribution in [0.3, 0.4) is 0 Å². The van der Waals surface area contributed by atoms with Gasteiger partial charge < -0.3 is 15.4 Å². The number of rotatable bonds is 4. The van der Waals surface area contributed by atoms with Crippen molar-refractivity contribution in [2.45, 2.75) is 25.5 Å². The Kier molecular flexibility index (Phi) is 4.91. The van der Waals surface area contributed by atoms with Gasteiger partial charge in [0.25, 0.3) is 5.91 Å². The van der Waals surface area contributed by atoms with Gasteiger partial charge in [-0.15, -0.1) is 0 Å². The maximum Gasteiger partial charge on any atom is 0.261 e. The van der Waals surface area contributed by atoms with E-state index in [2.05, 4.69) is 10.6 Å². The fourth-order valence-electron chi connectivity index (χ4n) is 1.92. The van der Waals surface area contributed by atoms with Crippen LogP contribution in [0, 0.1) is 0 Å². The highest BCUT2D eigenvalue weighted by molar-refractivity contribution is 6.42. The summed E-state index contributed by atoms with van der Waals surface area (Å²) in [4.78, 5) is 12.0. The second-order valence-electron chi connectivity index (χ2n) is 4.51. The topological polar surface area (TPSA) is 50.4 Å². The number of hydrogen-bond acceptors (Lipinski definition) is 3. The predicted octanol–water partition coefficient (Wildman–Crippen LogP) is 2.24. The molecular formula is C13H16Cl2N2O2. The molecule has 1 heterocycles. The van der Waals surface area contributed by atoms with Crippen molar-refractivity contribution < 1.29 is 9.53 Å². The number of halogens is 2. The standard InChI is InChI=1S/C13H16Cl2N2O2/c1-8(13(18)17-9-5-6-16-7-9)19-11-4-2-3-10(14)12(11)15/h2-4,8-9,16H,5-7H2,1H3,(H,17,18). The minimum atomic E-state index is -0.614. The SMILES string of the molecule is CC(Oc1cccc(Cl)c1Cl)C(=O)NC1CCNC1. The number of ether oxygens (including phenoxy) is 1. The Morgan fingerprint density at radius 2 is 2.32 bits per heavy atom. The summed E-state index contributed by atoms with van der Waals surface area (Å²) < 4.78 is 5.55. The monoisotopic (exact) mass is 302 g/mol. The number of benzene rings is 1. The third-order valence-electron chi connectivity index (χ3n) is 3.00. The molecule has 2 N–H and O–H groups in total. The molecule has 1 aromatic rings. The molecule has 0 aliphatic carbocycles. The van der Waals surface area contributed by atoms with Gasteiger partial charge in [-0.2, -0.15) is 0 Å². The second kappa shape index (κ2) is 6.46. The molecule has 1 aliphatic heterocycles. The fraction of sp³-hybridized carbons (Fsp3) is 0.462. The van der Waals surface area contributed by atoms with Crippen LogP contribution in [0.25, 0.3) is 0 Å². The van der Waals surface area contributed by atoms with Crippen LogP contribution in [0.2, 0.25) is 10.0 Å². The lowest BCUT2D eigenvalue weighted by Crippen LogP contribution is -2.43. The summed E-state index contributed by atoms with van der Waals surface area (Å²) in [6.07, 6.45) is 0.327. The van der Waals surface area contributed by atoms with Gasteiger partial charge in [-0.1, -0.05) is 29.3 Å². The van der Waals surface area contributed by atoms with Gasteiger partial charge in [0.15, 0.2) is 6.10 Å². The Labute approximate surface area is 122 Å². The van der Waals surface area contributed by atoms with E-state index in [1.54, 1.807) is 25.1 Å². The third-order valence-corrected chi connectivity index (χ3v) is 3.80. The molecule has 0 saturated carbocycles. The van der Waals surface area contributed by atoms with Gasteiger partial charge >= 0.3 is 0 Å². The molecule has 2 rings (SSSR count). The van der Waals surface area contributed by atoms with Gasteiger partial charge in [-0.25, -0.2) is 0 Å². The van der Waals surface area contributed by atoms with Crippen molar-refractivity contribution >= 4 is 29.1 Å². The van der Waals surface area contributed by atoms with E-state index in [0.717, 1.165) is 19.5 Å². The molecule has 1 fully saturated rings. The van der Waals surface area contributed by atoms with Crippen molar-refractivity contribution in [3.63, 3.8) is 0 Å². The summed E-state index contributed by atoms with van der Waals surface area (Å²) in [5.74, 6) is 0.270. The summed E-state index contributed by atoms with van der Waals surface area (Å²) in [7, 11) is 0. The molecule has 4 nitrogen and oxygen atoms in total. The summed E-state index contributed by atoms with van der Waals surface area (Å²) in [6.45, 7) is 3.42. The molecule has 1 amide bonds. The van der Waals surface area contributed by atoms with Crippen LogP contribution in [0.4, 0.5) is 0 Å². The van der Waals surface area contributed by atoms with E-state index in [-0.39, 0.29) is 11.9 Å². The first-order valence-corrected chi connectivity index (χ1v) is 6.95. The molecule has 0 radical (unpaired) electrons. The van der Waals surface area contributed by atoms with Crippen molar-refractivity contribution in [1.29, 1.82) is 0 Å². The van der Waals surface area contributed by atoms with Crippen molar-refractivity contribution in [1.82, 2.24) is 10.6 Å². The average Bonchev–Trinajstić information content (AvgIpc) is 2.87. The largest absolute Gasteiger partial charge is 0.479 e. The van der Waals surface area contributed by atoms with Gasteiger partial charge in [-0.05, 0) is 32.0 Å². The van der Waals surface area contributed by atoms with Crippen LogP contribution in [0.1, 0.15) is 13.3 Å². The van der Waals surface area contributed by atoms with E-state index in [4.69, 9.17) is 27.9 Å². The van der Waals surface area contributed by atoms with E-state index in [0.29, 0.717) is 15.8 Å². The Hall–Kier alpha value is -0.970. The fourth-order valence-corrected chi connectivity index (χ4v) is 2.25. The van der Waals surface area contributed by atoms with Crippen molar-refractivity contribution in [2.75, 3.05) is 13.1 Å². The second-order valence-corrected chi connectivity index (χ2v) is 5.30. The summed E-state index contributed by atoms with van der Waals surface area (Å²) in [6, 6.07) is 5.27. The molecule has 2 unspecified atom stereocenters. The lowest BCUT2D eigenvalue weighted by atomic mass is 10.2. The maximum absolute atomic E-state index is 12.0. The highest BCUT2D eigenvalue weighted by Crippen LogP contribution is 2.32. The van der Waals surface area contributed by atoms with Crippen LogP contribution < -0.4 is 15.4 Å². The molecule has 1 saturated heterocycles. The van der Waals surface area contributed by atoms with Crippen LogP contribution >= 0.6 is 23.2 Å². The molecule has 19 heavy (non-hydrogen) atoms. The van der Waals surface area contributed by atoms with E-state index in [1.807, 2.05) is 0 Å². The zero-order valence-corrected chi connectivity index (χ0v) is 12.1. The summed E-state index contributed by atoms with van der Waals surface area (Å²) in [5.41, 5.74) is 0. The Balaban J connectivity index is 1.94. The number of nitrogens with one attached hydrogen (secondary N) is 2. The van der Waals surface area contributed by atoms with Crippen LogP contribution in [0.15, 0.2) is 18.2 Å². The molecule has 0 spiro atoms. The summed E-state index contributed by atoms with van der Waals surface area (Å²) in [5, 5.41) is 6.85. The smallest absolute Gasteiger partial charge is 0.261 e. The van der Waals surface area contributed by atoms with Crippen molar-refractivity contribution in [3.8, 4) is 5.75 Å². The Morgan fingerprint density at radius 3 is 3.00 bits per heavy atom. The van der Waals surface area contributed by atoms with E-state index < -0.39 is 6.10 Å². The van der Waals surface area contributed by atoms with Crippen molar-refractivity contribution in [2.24, 2.45) is 0 Å². The maximum atomic E-state index is 12.0. The Bertz CT molecular complexity index is 462. The first-order valence-electron chi connectivity index (χ1n) is 6.19. The van der Waals surface area contributed by atoms with Gasteiger partial charge in [0, 0.05) is 12.6 Å². The summed E-state index contributed by atoms with van der Waals surface area (Å²) >= 11 is 11.9. The lowest BCUT2D eigenvalue weighted by molar-refractivity contribution is -0.127. The van der Waals surface area contributed by atoms with Crippen molar-refractivity contribution in [3.05, 3.63) is 28.2 Å². The number of carbonyl (C=O) groups excluding carboxylic acids is 1. The minimum Gasteiger partial charge on any atom is -0.479 e. The van der Waals surface area contributed by atoms with Gasteiger partial charge in [0.1, 0.15) is 10.8 Å². The molecule has 6 heteroatoms. The zero-order chi connectivity index (χ0) is 13.8. The number of carbonyl (C=O) groups is 1. The highest BCUT2D eigenvalue weighted by Gasteiger charge is 2.22. The predicted molar refractivity (Wildman–Crippen MR) is 76.0 cm³/mol. The molecular weight excluding hydrogens is 287 g/mol. The first kappa shape index (κ1) is 14.4. The third kappa shape index (κ3) is 3.75. The number of amides is 1. The van der Waals surface area contributed by atoms with Gasteiger partial charge in [-0.3, -0.25) is 4.79 Å². The molecule has 0 bridgehead atoms. The molecule has 0 aromatic heterocycles. The Morgan fingerprint density at radius 1 is 1.53 bits per heavy atom. The molecule has 104 valence electrons. The minimum absolute atomic E-state index is 0.148. The zero-order valence-electron chi connectivity index (χ0n) is 10.6. The van der Waals surface area contributed by atoms with E-state index in [9.17, 15) is 4.79 Å². The number of hydrogen-bond donors (Lipinski definition) is 2.